The van der Waals surface area contributed by atoms with Crippen LogP contribution in [0.3, 0.4) is 0 Å². The number of carbonyl (C=O) groups excluding carboxylic acids is 1. The molecular formula is C20H23N6O2S+. The van der Waals surface area contributed by atoms with Crippen molar-refractivity contribution in [3.63, 3.8) is 0 Å². The fourth-order valence-electron chi connectivity index (χ4n) is 4.22. The van der Waals surface area contributed by atoms with Gasteiger partial charge in [-0.05, 0) is 25.1 Å². The van der Waals surface area contributed by atoms with Gasteiger partial charge in [0.05, 0.1) is 34.8 Å². The molecule has 29 heavy (non-hydrogen) atoms. The maximum absolute atomic E-state index is 12.5. The molecule has 9 heteroatoms. The largest absolute Gasteiger partial charge is 0.370 e. The fourth-order valence-corrected chi connectivity index (χ4v) is 5.54. The van der Waals surface area contributed by atoms with Crippen LogP contribution in [0.25, 0.3) is 32.6 Å². The number of quaternary nitrogens is 1. The van der Waals surface area contributed by atoms with Crippen LogP contribution >= 0.6 is 11.3 Å². The smallest absolute Gasteiger partial charge is 0.278 e. The predicted octanol–water partition coefficient (Wildman–Crippen LogP) is 2.64. The van der Waals surface area contributed by atoms with Crippen molar-refractivity contribution in [1.29, 1.82) is 0 Å². The summed E-state index contributed by atoms with van der Waals surface area (Å²) in [6, 6.07) is 8.09. The third-order valence-electron chi connectivity index (χ3n) is 5.97. The zero-order valence-electron chi connectivity index (χ0n) is 16.4. The Bertz CT molecular complexity index is 1150. The van der Waals surface area contributed by atoms with Crippen molar-refractivity contribution in [1.82, 2.24) is 30.0 Å². The monoisotopic (exact) mass is 411 g/mol. The van der Waals surface area contributed by atoms with Crippen molar-refractivity contribution in [3.8, 4) is 11.4 Å². The first-order valence-corrected chi connectivity index (χ1v) is 10.5. The van der Waals surface area contributed by atoms with E-state index < -0.39 is 0 Å². The summed E-state index contributed by atoms with van der Waals surface area (Å²) >= 11 is 1.74. The molecule has 0 aliphatic carbocycles. The third kappa shape index (κ3) is 2.85. The number of nitrogens with zero attached hydrogens (tertiary/aromatic N) is 3. The Morgan fingerprint density at radius 1 is 1.34 bits per heavy atom. The second kappa shape index (κ2) is 6.94. The first kappa shape index (κ1) is 18.3. The Hall–Kier alpha value is -2.75. The lowest BCUT2D eigenvalue weighted by Gasteiger charge is -2.43. The van der Waals surface area contributed by atoms with E-state index in [9.17, 15) is 4.79 Å². The topological polar surface area (TPSA) is 95.7 Å². The number of H-pyrrole nitrogens is 2. The van der Waals surface area contributed by atoms with Gasteiger partial charge in [-0.1, -0.05) is 11.3 Å². The van der Waals surface area contributed by atoms with Gasteiger partial charge in [-0.2, -0.15) is 5.10 Å². The molecule has 4 aromatic heterocycles. The van der Waals surface area contributed by atoms with Crippen LogP contribution in [0.4, 0.5) is 5.00 Å². The number of aromatic nitrogens is 4. The normalized spacial score (nSPS) is 17.6. The quantitative estimate of drug-likeness (QED) is 0.450. The molecule has 0 aromatic carbocycles. The van der Waals surface area contributed by atoms with Gasteiger partial charge in [0.1, 0.15) is 13.1 Å². The number of hydrogen-bond donors (Lipinski definition) is 3. The first-order valence-electron chi connectivity index (χ1n) is 9.71. The molecule has 3 N–H and O–H groups in total. The first-order chi connectivity index (χ1) is 14.1. The SMILES string of the molecule is CNC(=O)C(C)[N+]1(c2cc3[nH]c(-c4[nH]nc5ncccc45)cc3s2)CCOCC1. The number of fused-ring (bicyclic) bond motifs is 2. The molecule has 1 aliphatic rings. The van der Waals surface area contributed by atoms with Crippen LogP contribution in [0.5, 0.6) is 0 Å². The van der Waals surface area contributed by atoms with Crippen molar-refractivity contribution in [2.24, 2.45) is 0 Å². The number of thiophene rings is 1. The molecule has 1 saturated heterocycles. The maximum atomic E-state index is 12.5. The van der Waals surface area contributed by atoms with Crippen LogP contribution in [0.1, 0.15) is 6.92 Å². The molecule has 1 unspecified atom stereocenters. The Labute approximate surface area is 171 Å². The number of rotatable bonds is 4. The number of aromatic amines is 2. The standard InChI is InChI=1S/C20H22N6O2S/c1-12(20(27)21-2)26(6-8-28-9-7-26)17-11-14-16(29-17)10-15(23-14)18-13-4-3-5-22-19(13)25-24-18/h3-5,10-12H,6-9H2,1-2H3,(H2-,21,22,23,24,25,27)/p+1. The Morgan fingerprint density at radius 3 is 2.93 bits per heavy atom. The van der Waals surface area contributed by atoms with Crippen molar-refractivity contribution < 1.29 is 9.53 Å². The lowest BCUT2D eigenvalue weighted by Crippen LogP contribution is -2.65. The lowest BCUT2D eigenvalue weighted by molar-refractivity contribution is -0.126. The van der Waals surface area contributed by atoms with E-state index in [4.69, 9.17) is 4.74 Å². The number of hydrogen-bond acceptors (Lipinski definition) is 5. The summed E-state index contributed by atoms with van der Waals surface area (Å²) in [5.74, 6) is 0.0566. The van der Waals surface area contributed by atoms with E-state index >= 15 is 0 Å². The second-order valence-electron chi connectivity index (χ2n) is 7.40. The zero-order valence-corrected chi connectivity index (χ0v) is 17.2. The molecule has 0 radical (unpaired) electrons. The van der Waals surface area contributed by atoms with E-state index in [2.05, 4.69) is 37.6 Å². The van der Waals surface area contributed by atoms with E-state index in [1.165, 1.54) is 5.00 Å². The van der Waals surface area contributed by atoms with Crippen LogP contribution in [0, 0.1) is 0 Å². The van der Waals surface area contributed by atoms with Crippen LogP contribution in [-0.2, 0) is 9.53 Å². The minimum absolute atomic E-state index is 0.0566. The van der Waals surface area contributed by atoms with Crippen molar-refractivity contribution >= 4 is 43.5 Å². The molecule has 1 atom stereocenters. The summed E-state index contributed by atoms with van der Waals surface area (Å²) in [5, 5.41) is 12.4. The number of carbonyl (C=O) groups is 1. The van der Waals surface area contributed by atoms with E-state index in [1.54, 1.807) is 24.6 Å². The van der Waals surface area contributed by atoms with Gasteiger partial charge in [-0.15, -0.1) is 0 Å². The minimum atomic E-state index is -0.172. The predicted molar refractivity (Wildman–Crippen MR) is 115 cm³/mol. The Kier molecular flexibility index (Phi) is 4.38. The summed E-state index contributed by atoms with van der Waals surface area (Å²) in [5.41, 5.74) is 3.70. The van der Waals surface area contributed by atoms with Crippen molar-refractivity contribution in [2.45, 2.75) is 13.0 Å². The van der Waals surface area contributed by atoms with Gasteiger partial charge >= 0.3 is 0 Å². The molecule has 5 heterocycles. The molecule has 4 aromatic rings. The van der Waals surface area contributed by atoms with Crippen LogP contribution in [0.2, 0.25) is 0 Å². The summed E-state index contributed by atoms with van der Waals surface area (Å²) in [6.45, 7) is 4.91. The van der Waals surface area contributed by atoms with Gasteiger partial charge in [0.15, 0.2) is 16.7 Å². The van der Waals surface area contributed by atoms with E-state index in [-0.39, 0.29) is 11.9 Å². The number of pyridine rings is 1. The Morgan fingerprint density at radius 2 is 2.17 bits per heavy atom. The van der Waals surface area contributed by atoms with Gasteiger partial charge in [0.2, 0.25) is 0 Å². The van der Waals surface area contributed by atoms with Crippen molar-refractivity contribution in [3.05, 3.63) is 30.5 Å². The molecule has 1 aliphatic heterocycles. The number of ether oxygens (including phenoxy) is 1. The molecule has 5 rings (SSSR count). The maximum Gasteiger partial charge on any atom is 0.278 e. The highest BCUT2D eigenvalue weighted by Gasteiger charge is 2.43. The number of likely N-dealkylation sites (N-methyl/N-ethyl adjacent to an activating group) is 1. The van der Waals surface area contributed by atoms with Crippen LogP contribution < -0.4 is 9.80 Å². The van der Waals surface area contributed by atoms with Gasteiger partial charge < -0.3 is 15.0 Å². The highest BCUT2D eigenvalue weighted by Crippen LogP contribution is 2.41. The highest BCUT2D eigenvalue weighted by atomic mass is 32.1. The summed E-state index contributed by atoms with van der Waals surface area (Å²) in [4.78, 5) is 20.3. The molecular weight excluding hydrogens is 388 g/mol. The average Bonchev–Trinajstić information content (AvgIpc) is 3.45. The highest BCUT2D eigenvalue weighted by molar-refractivity contribution is 7.22. The molecule has 1 amide bonds. The molecule has 8 nitrogen and oxygen atoms in total. The summed E-state index contributed by atoms with van der Waals surface area (Å²) in [6.07, 6.45) is 1.74. The second-order valence-corrected chi connectivity index (χ2v) is 8.46. The Balaban J connectivity index is 1.56. The van der Waals surface area contributed by atoms with Crippen molar-refractivity contribution in [2.75, 3.05) is 33.4 Å². The van der Waals surface area contributed by atoms with Crippen LogP contribution in [-0.4, -0.2) is 65.5 Å². The third-order valence-corrected chi connectivity index (χ3v) is 7.22. The van der Waals surface area contributed by atoms with Gasteiger partial charge in [-0.3, -0.25) is 14.4 Å². The fraction of sp³-hybridized carbons (Fsp3) is 0.350. The van der Waals surface area contributed by atoms with E-state index in [0.717, 1.165) is 40.1 Å². The molecule has 0 bridgehead atoms. The molecule has 0 saturated carbocycles. The van der Waals surface area contributed by atoms with Gasteiger partial charge in [0, 0.05) is 24.7 Å². The van der Waals surface area contributed by atoms with E-state index in [0.29, 0.717) is 23.3 Å². The van der Waals surface area contributed by atoms with Gasteiger partial charge in [0.25, 0.3) is 5.91 Å². The number of nitrogens with one attached hydrogen (secondary N) is 3. The van der Waals surface area contributed by atoms with Gasteiger partial charge in [-0.25, -0.2) is 4.98 Å². The van der Waals surface area contributed by atoms with Crippen LogP contribution in [0.15, 0.2) is 30.5 Å². The number of amides is 1. The summed E-state index contributed by atoms with van der Waals surface area (Å²) in [7, 11) is 1.70. The molecule has 1 fully saturated rings. The average molecular weight is 412 g/mol. The number of morpholine rings is 1. The van der Waals surface area contributed by atoms with E-state index in [1.807, 2.05) is 19.1 Å². The molecule has 0 spiro atoms. The lowest BCUT2D eigenvalue weighted by atomic mass is 10.1. The zero-order chi connectivity index (χ0) is 20.0. The molecule has 150 valence electrons. The minimum Gasteiger partial charge on any atom is -0.370 e. The summed E-state index contributed by atoms with van der Waals surface area (Å²) < 4.78 is 7.39.